The zero-order valence-corrected chi connectivity index (χ0v) is 11.9. The molecule has 0 aromatic heterocycles. The second-order valence-electron chi connectivity index (χ2n) is 5.48. The van der Waals surface area contributed by atoms with Crippen LogP contribution >= 0.6 is 0 Å². The Labute approximate surface area is 115 Å². The maximum atomic E-state index is 11.9. The number of hydrogen-bond donors (Lipinski definition) is 2. The number of cyclic esters (lactones) is 1. The molecule has 0 saturated heterocycles. The summed E-state index contributed by atoms with van der Waals surface area (Å²) in [5.41, 5.74) is 0. The van der Waals surface area contributed by atoms with Gasteiger partial charge in [0.1, 0.15) is 6.10 Å². The molecule has 1 rings (SSSR count). The summed E-state index contributed by atoms with van der Waals surface area (Å²) >= 11 is 0. The first kappa shape index (κ1) is 16.2. The first-order valence-corrected chi connectivity index (χ1v) is 7.24. The Balaban J connectivity index is 2.52. The minimum Gasteiger partial charge on any atom is -0.462 e. The number of rotatable bonds is 4. The van der Waals surface area contributed by atoms with E-state index in [0.29, 0.717) is 0 Å². The quantitative estimate of drug-likeness (QED) is 0.607. The molecule has 19 heavy (non-hydrogen) atoms. The monoisotopic (exact) mass is 270 g/mol. The second kappa shape index (κ2) is 8.33. The van der Waals surface area contributed by atoms with E-state index in [0.717, 1.165) is 38.5 Å². The predicted octanol–water partition coefficient (Wildman–Crippen LogP) is 2.19. The SMILES string of the molecule is CC(O)CCCC1CCCC=CC(O)C(C)C(=O)O1. The fraction of sp³-hybridized carbons (Fsp3) is 0.800. The molecule has 0 radical (unpaired) electrons. The van der Waals surface area contributed by atoms with E-state index in [1.165, 1.54) is 0 Å². The molecule has 1 aliphatic rings. The fourth-order valence-corrected chi connectivity index (χ4v) is 2.18. The standard InChI is InChI=1S/C15H26O4/c1-11(16)7-6-9-13-8-4-3-5-10-14(17)12(2)15(18)19-13/h5,10-14,16-17H,3-4,6-9H2,1-2H3. The van der Waals surface area contributed by atoms with Crippen LogP contribution in [-0.2, 0) is 9.53 Å². The smallest absolute Gasteiger partial charge is 0.311 e. The Morgan fingerprint density at radius 3 is 2.95 bits per heavy atom. The number of hydrogen-bond acceptors (Lipinski definition) is 4. The van der Waals surface area contributed by atoms with Crippen LogP contribution in [0.2, 0.25) is 0 Å². The summed E-state index contributed by atoms with van der Waals surface area (Å²) in [6, 6.07) is 0. The van der Waals surface area contributed by atoms with Crippen LogP contribution in [0.4, 0.5) is 0 Å². The molecule has 4 heteroatoms. The largest absolute Gasteiger partial charge is 0.462 e. The van der Waals surface area contributed by atoms with Crippen LogP contribution in [0.25, 0.3) is 0 Å². The summed E-state index contributed by atoms with van der Waals surface area (Å²) in [5.74, 6) is -0.852. The predicted molar refractivity (Wildman–Crippen MR) is 73.6 cm³/mol. The van der Waals surface area contributed by atoms with Crippen molar-refractivity contribution < 1.29 is 19.7 Å². The van der Waals surface area contributed by atoms with Crippen molar-refractivity contribution in [2.75, 3.05) is 0 Å². The van der Waals surface area contributed by atoms with E-state index in [4.69, 9.17) is 4.74 Å². The van der Waals surface area contributed by atoms with Crippen molar-refractivity contribution in [3.63, 3.8) is 0 Å². The molecule has 4 nitrogen and oxygen atoms in total. The molecule has 0 bridgehead atoms. The van der Waals surface area contributed by atoms with Crippen molar-refractivity contribution in [2.24, 2.45) is 5.92 Å². The third-order valence-electron chi connectivity index (χ3n) is 3.55. The van der Waals surface area contributed by atoms with Gasteiger partial charge in [-0.05, 0) is 52.4 Å². The topological polar surface area (TPSA) is 66.8 Å². The van der Waals surface area contributed by atoms with Gasteiger partial charge in [0.05, 0.1) is 18.1 Å². The Kier molecular flexibility index (Phi) is 7.10. The van der Waals surface area contributed by atoms with Crippen LogP contribution in [0.15, 0.2) is 12.2 Å². The van der Waals surface area contributed by atoms with Crippen molar-refractivity contribution in [2.45, 2.75) is 70.7 Å². The molecule has 2 N–H and O–H groups in total. The summed E-state index contributed by atoms with van der Waals surface area (Å²) < 4.78 is 5.48. The molecular weight excluding hydrogens is 244 g/mol. The molecule has 110 valence electrons. The Hall–Kier alpha value is -0.870. The molecule has 1 heterocycles. The third-order valence-corrected chi connectivity index (χ3v) is 3.55. The Morgan fingerprint density at radius 1 is 1.53 bits per heavy atom. The number of ether oxygens (including phenoxy) is 1. The minimum atomic E-state index is -0.760. The molecule has 0 saturated carbocycles. The van der Waals surface area contributed by atoms with Gasteiger partial charge in [-0.3, -0.25) is 4.79 Å². The van der Waals surface area contributed by atoms with Crippen LogP contribution in [0.1, 0.15) is 52.4 Å². The fourth-order valence-electron chi connectivity index (χ4n) is 2.18. The molecule has 0 spiro atoms. The normalized spacial score (nSPS) is 30.7. The maximum Gasteiger partial charge on any atom is 0.311 e. The van der Waals surface area contributed by atoms with Crippen molar-refractivity contribution >= 4 is 5.97 Å². The van der Waals surface area contributed by atoms with Crippen LogP contribution in [-0.4, -0.2) is 34.5 Å². The van der Waals surface area contributed by atoms with Gasteiger partial charge in [-0.1, -0.05) is 12.2 Å². The van der Waals surface area contributed by atoms with Gasteiger partial charge in [-0.2, -0.15) is 0 Å². The van der Waals surface area contributed by atoms with Gasteiger partial charge in [0.15, 0.2) is 0 Å². The lowest BCUT2D eigenvalue weighted by atomic mass is 10.00. The average molecular weight is 270 g/mol. The first-order chi connectivity index (χ1) is 9.00. The summed E-state index contributed by atoms with van der Waals surface area (Å²) in [5, 5.41) is 19.0. The van der Waals surface area contributed by atoms with E-state index in [2.05, 4.69) is 0 Å². The highest BCUT2D eigenvalue weighted by atomic mass is 16.5. The number of carbonyl (C=O) groups excluding carboxylic acids is 1. The van der Waals surface area contributed by atoms with Gasteiger partial charge in [0.25, 0.3) is 0 Å². The minimum absolute atomic E-state index is 0.0904. The molecular formula is C15H26O4. The van der Waals surface area contributed by atoms with E-state index in [1.54, 1.807) is 19.9 Å². The van der Waals surface area contributed by atoms with Crippen LogP contribution < -0.4 is 0 Å². The summed E-state index contributed by atoms with van der Waals surface area (Å²) in [7, 11) is 0. The molecule has 1 aliphatic heterocycles. The Morgan fingerprint density at radius 2 is 2.26 bits per heavy atom. The lowest BCUT2D eigenvalue weighted by Crippen LogP contribution is -2.30. The lowest BCUT2D eigenvalue weighted by Gasteiger charge is -2.23. The van der Waals surface area contributed by atoms with Crippen molar-refractivity contribution in [3.05, 3.63) is 12.2 Å². The third kappa shape index (κ3) is 6.21. The van der Waals surface area contributed by atoms with Gasteiger partial charge in [0, 0.05) is 0 Å². The molecule has 0 amide bonds. The summed E-state index contributed by atoms with van der Waals surface area (Å²) in [4.78, 5) is 11.9. The number of esters is 1. The van der Waals surface area contributed by atoms with E-state index in [9.17, 15) is 15.0 Å². The molecule has 4 atom stereocenters. The number of allylic oxidation sites excluding steroid dienone is 1. The zero-order chi connectivity index (χ0) is 14.3. The van der Waals surface area contributed by atoms with Crippen LogP contribution in [0.3, 0.4) is 0 Å². The van der Waals surface area contributed by atoms with Gasteiger partial charge in [0.2, 0.25) is 0 Å². The summed E-state index contributed by atoms with van der Waals surface area (Å²) in [6.07, 6.45) is 7.51. The second-order valence-corrected chi connectivity index (χ2v) is 5.48. The van der Waals surface area contributed by atoms with Crippen LogP contribution in [0, 0.1) is 5.92 Å². The van der Waals surface area contributed by atoms with Gasteiger partial charge in [-0.25, -0.2) is 0 Å². The number of aliphatic hydroxyl groups is 2. The zero-order valence-electron chi connectivity index (χ0n) is 11.9. The van der Waals surface area contributed by atoms with Crippen molar-refractivity contribution in [1.82, 2.24) is 0 Å². The van der Waals surface area contributed by atoms with Gasteiger partial charge in [-0.15, -0.1) is 0 Å². The van der Waals surface area contributed by atoms with E-state index in [-0.39, 0.29) is 18.2 Å². The van der Waals surface area contributed by atoms with E-state index in [1.807, 2.05) is 6.08 Å². The van der Waals surface area contributed by atoms with Gasteiger partial charge >= 0.3 is 5.97 Å². The molecule has 4 unspecified atom stereocenters. The first-order valence-electron chi connectivity index (χ1n) is 7.24. The molecule has 0 aliphatic carbocycles. The van der Waals surface area contributed by atoms with Crippen molar-refractivity contribution in [1.29, 1.82) is 0 Å². The lowest BCUT2D eigenvalue weighted by molar-refractivity contribution is -0.157. The van der Waals surface area contributed by atoms with Crippen LogP contribution in [0.5, 0.6) is 0 Å². The van der Waals surface area contributed by atoms with E-state index < -0.39 is 12.0 Å². The number of aliphatic hydroxyl groups excluding tert-OH is 2. The van der Waals surface area contributed by atoms with E-state index >= 15 is 0 Å². The highest BCUT2D eigenvalue weighted by molar-refractivity contribution is 5.73. The Bertz CT molecular complexity index is 299. The molecule has 0 aromatic rings. The summed E-state index contributed by atoms with van der Waals surface area (Å²) in [6.45, 7) is 3.45. The number of carbonyl (C=O) groups is 1. The average Bonchev–Trinajstić information content (AvgIpc) is 2.35. The van der Waals surface area contributed by atoms with Gasteiger partial charge < -0.3 is 14.9 Å². The molecule has 0 aromatic carbocycles. The molecule has 0 fully saturated rings. The maximum absolute atomic E-state index is 11.9. The van der Waals surface area contributed by atoms with Crippen molar-refractivity contribution in [3.8, 4) is 0 Å². The highest BCUT2D eigenvalue weighted by Gasteiger charge is 2.25. The highest BCUT2D eigenvalue weighted by Crippen LogP contribution is 2.19.